The van der Waals surface area contributed by atoms with Gasteiger partial charge in [0.2, 0.25) is 11.8 Å². The van der Waals surface area contributed by atoms with Crippen LogP contribution in [0.15, 0.2) is 0 Å². The molecule has 3 fully saturated rings. The Kier molecular flexibility index (Phi) is 3.06. The number of carbonyl (C=O) groups is 2. The van der Waals surface area contributed by atoms with Gasteiger partial charge in [-0.15, -0.1) is 0 Å². The van der Waals surface area contributed by atoms with Gasteiger partial charge in [0, 0.05) is 19.5 Å². The molecule has 0 spiro atoms. The summed E-state index contributed by atoms with van der Waals surface area (Å²) >= 11 is 0. The number of hydrogen-bond donors (Lipinski definition) is 1. The van der Waals surface area contributed by atoms with Gasteiger partial charge >= 0.3 is 0 Å². The summed E-state index contributed by atoms with van der Waals surface area (Å²) in [6, 6.07) is 0. The number of fused-ring (bicyclic) bond motifs is 2. The topological polar surface area (TPSA) is 49.4 Å². The van der Waals surface area contributed by atoms with Crippen molar-refractivity contribution in [3.63, 3.8) is 0 Å². The van der Waals surface area contributed by atoms with E-state index in [1.54, 1.807) is 0 Å². The molecule has 1 aliphatic heterocycles. The third kappa shape index (κ3) is 2.37. The first-order valence-electron chi connectivity index (χ1n) is 7.56. The van der Waals surface area contributed by atoms with E-state index < -0.39 is 5.54 Å². The maximum absolute atomic E-state index is 12.5. The van der Waals surface area contributed by atoms with E-state index in [9.17, 15) is 9.59 Å². The highest BCUT2D eigenvalue weighted by atomic mass is 16.2. The SMILES string of the molecule is CC1(C)NC(=O)CCN(CC2CC3CCC2C3)C1=O. The molecule has 2 amide bonds. The minimum Gasteiger partial charge on any atom is -0.342 e. The van der Waals surface area contributed by atoms with E-state index in [1.165, 1.54) is 25.7 Å². The van der Waals surface area contributed by atoms with E-state index in [-0.39, 0.29) is 11.8 Å². The molecule has 4 nitrogen and oxygen atoms in total. The monoisotopic (exact) mass is 264 g/mol. The Morgan fingerprint density at radius 3 is 2.68 bits per heavy atom. The summed E-state index contributed by atoms with van der Waals surface area (Å²) in [5, 5.41) is 2.83. The van der Waals surface area contributed by atoms with Gasteiger partial charge < -0.3 is 10.2 Å². The minimum absolute atomic E-state index is 0.00575. The first-order valence-corrected chi connectivity index (χ1v) is 7.56. The number of carbonyl (C=O) groups excluding carboxylic acids is 2. The zero-order chi connectivity index (χ0) is 13.6. The van der Waals surface area contributed by atoms with Crippen LogP contribution in [-0.4, -0.2) is 35.3 Å². The average Bonchev–Trinajstić information content (AvgIpc) is 2.92. The maximum Gasteiger partial charge on any atom is 0.247 e. The molecule has 1 saturated heterocycles. The predicted molar refractivity (Wildman–Crippen MR) is 72.4 cm³/mol. The smallest absolute Gasteiger partial charge is 0.247 e. The highest BCUT2D eigenvalue weighted by Gasteiger charge is 2.43. The lowest BCUT2D eigenvalue weighted by Gasteiger charge is -2.33. The first kappa shape index (κ1) is 12.9. The molecule has 2 aliphatic carbocycles. The molecule has 1 N–H and O–H groups in total. The third-order valence-electron chi connectivity index (χ3n) is 5.22. The fourth-order valence-electron chi connectivity index (χ4n) is 4.26. The summed E-state index contributed by atoms with van der Waals surface area (Å²) in [6.45, 7) is 5.07. The molecule has 19 heavy (non-hydrogen) atoms. The quantitative estimate of drug-likeness (QED) is 0.822. The van der Waals surface area contributed by atoms with Crippen LogP contribution in [0.5, 0.6) is 0 Å². The molecular formula is C15H24N2O2. The number of nitrogens with zero attached hydrogens (tertiary/aromatic N) is 1. The Morgan fingerprint density at radius 1 is 1.26 bits per heavy atom. The van der Waals surface area contributed by atoms with E-state index in [4.69, 9.17) is 0 Å². The van der Waals surface area contributed by atoms with E-state index in [0.29, 0.717) is 18.9 Å². The second-order valence-corrected chi connectivity index (χ2v) is 7.11. The van der Waals surface area contributed by atoms with Gasteiger partial charge in [0.05, 0.1) is 0 Å². The molecule has 106 valence electrons. The summed E-state index contributed by atoms with van der Waals surface area (Å²) < 4.78 is 0. The molecule has 0 aromatic heterocycles. The fraction of sp³-hybridized carbons (Fsp3) is 0.867. The van der Waals surface area contributed by atoms with Crippen molar-refractivity contribution in [3.8, 4) is 0 Å². The molecule has 1 heterocycles. The van der Waals surface area contributed by atoms with Crippen molar-refractivity contribution in [2.45, 2.75) is 51.5 Å². The predicted octanol–water partition coefficient (Wildman–Crippen LogP) is 1.55. The standard InChI is InChI=1S/C15H24N2O2/c1-15(2)14(19)17(6-5-13(18)16-15)9-12-8-10-3-4-11(12)7-10/h10-12H,3-9H2,1-2H3,(H,16,18). The van der Waals surface area contributed by atoms with Gasteiger partial charge in [-0.3, -0.25) is 9.59 Å². The maximum atomic E-state index is 12.5. The molecule has 3 rings (SSSR count). The van der Waals surface area contributed by atoms with Crippen molar-refractivity contribution in [1.29, 1.82) is 0 Å². The summed E-state index contributed by atoms with van der Waals surface area (Å²) in [6.07, 6.45) is 5.83. The zero-order valence-corrected chi connectivity index (χ0v) is 11.9. The van der Waals surface area contributed by atoms with Crippen molar-refractivity contribution in [3.05, 3.63) is 0 Å². The van der Waals surface area contributed by atoms with Crippen LogP contribution in [0.2, 0.25) is 0 Å². The molecule has 3 unspecified atom stereocenters. The Labute approximate surface area is 114 Å². The fourth-order valence-corrected chi connectivity index (χ4v) is 4.26. The van der Waals surface area contributed by atoms with E-state index in [0.717, 1.165) is 18.4 Å². The van der Waals surface area contributed by atoms with Crippen LogP contribution in [0.1, 0.15) is 46.0 Å². The number of amides is 2. The average molecular weight is 264 g/mol. The molecule has 3 aliphatic rings. The van der Waals surface area contributed by atoms with Crippen LogP contribution in [0.25, 0.3) is 0 Å². The molecule has 0 radical (unpaired) electrons. The molecule has 3 atom stereocenters. The van der Waals surface area contributed by atoms with Crippen LogP contribution in [0.3, 0.4) is 0 Å². The summed E-state index contributed by atoms with van der Waals surface area (Å²) in [5.41, 5.74) is -0.745. The van der Waals surface area contributed by atoms with Gasteiger partial charge in [-0.05, 0) is 50.9 Å². The molecule has 4 heteroatoms. The van der Waals surface area contributed by atoms with Gasteiger partial charge in [-0.2, -0.15) is 0 Å². The first-order chi connectivity index (χ1) is 8.95. The van der Waals surface area contributed by atoms with Gasteiger partial charge in [0.25, 0.3) is 0 Å². The highest BCUT2D eigenvalue weighted by molar-refractivity contribution is 5.92. The highest BCUT2D eigenvalue weighted by Crippen LogP contribution is 2.48. The Balaban J connectivity index is 1.69. The number of rotatable bonds is 2. The Hall–Kier alpha value is -1.06. The van der Waals surface area contributed by atoms with E-state index >= 15 is 0 Å². The molecule has 2 saturated carbocycles. The molecular weight excluding hydrogens is 240 g/mol. The lowest BCUT2D eigenvalue weighted by Crippen LogP contribution is -2.53. The van der Waals surface area contributed by atoms with Gasteiger partial charge in [0.1, 0.15) is 5.54 Å². The van der Waals surface area contributed by atoms with Crippen LogP contribution >= 0.6 is 0 Å². The van der Waals surface area contributed by atoms with E-state index in [2.05, 4.69) is 5.32 Å². The van der Waals surface area contributed by atoms with E-state index in [1.807, 2.05) is 18.7 Å². The normalized spacial score (nSPS) is 37.4. The van der Waals surface area contributed by atoms with Crippen LogP contribution < -0.4 is 5.32 Å². The van der Waals surface area contributed by atoms with Crippen molar-refractivity contribution >= 4 is 11.8 Å². The second-order valence-electron chi connectivity index (χ2n) is 7.11. The summed E-state index contributed by atoms with van der Waals surface area (Å²) in [4.78, 5) is 26.1. The van der Waals surface area contributed by atoms with Crippen molar-refractivity contribution < 1.29 is 9.59 Å². The van der Waals surface area contributed by atoms with Crippen LogP contribution in [-0.2, 0) is 9.59 Å². The second kappa shape index (κ2) is 4.50. The van der Waals surface area contributed by atoms with Crippen molar-refractivity contribution in [1.82, 2.24) is 10.2 Å². The van der Waals surface area contributed by atoms with Crippen LogP contribution in [0.4, 0.5) is 0 Å². The lowest BCUT2D eigenvalue weighted by molar-refractivity contribution is -0.138. The zero-order valence-electron chi connectivity index (χ0n) is 11.9. The summed E-state index contributed by atoms with van der Waals surface area (Å²) in [5.74, 6) is 2.49. The molecule has 0 aromatic carbocycles. The van der Waals surface area contributed by atoms with Crippen molar-refractivity contribution in [2.24, 2.45) is 17.8 Å². The van der Waals surface area contributed by atoms with Gasteiger partial charge in [0.15, 0.2) is 0 Å². The van der Waals surface area contributed by atoms with Crippen molar-refractivity contribution in [2.75, 3.05) is 13.1 Å². The number of nitrogens with one attached hydrogen (secondary N) is 1. The largest absolute Gasteiger partial charge is 0.342 e. The number of hydrogen-bond acceptors (Lipinski definition) is 2. The lowest BCUT2D eigenvalue weighted by atomic mass is 9.88. The van der Waals surface area contributed by atoms with Gasteiger partial charge in [-0.1, -0.05) is 6.42 Å². The third-order valence-corrected chi connectivity index (χ3v) is 5.22. The Morgan fingerprint density at radius 2 is 2.05 bits per heavy atom. The summed E-state index contributed by atoms with van der Waals surface area (Å²) in [7, 11) is 0. The minimum atomic E-state index is -0.745. The van der Waals surface area contributed by atoms with Crippen LogP contribution in [0, 0.1) is 17.8 Å². The molecule has 0 aromatic rings. The Bertz CT molecular complexity index is 405. The molecule has 2 bridgehead atoms. The van der Waals surface area contributed by atoms with Gasteiger partial charge in [-0.25, -0.2) is 0 Å².